The quantitative estimate of drug-likeness (QED) is 0.631. The minimum Gasteiger partial charge on any atom is -0.495 e. The van der Waals surface area contributed by atoms with Gasteiger partial charge >= 0.3 is 0 Å². The van der Waals surface area contributed by atoms with Gasteiger partial charge in [-0.1, -0.05) is 36.0 Å². The fourth-order valence-electron chi connectivity index (χ4n) is 2.61. The molecule has 9 heteroatoms. The summed E-state index contributed by atoms with van der Waals surface area (Å²) in [5.74, 6) is 2.12. The fourth-order valence-corrected chi connectivity index (χ4v) is 3.18. The van der Waals surface area contributed by atoms with Crippen LogP contribution in [0.4, 0.5) is 5.69 Å². The molecule has 1 aliphatic rings. The molecule has 0 spiro atoms. The summed E-state index contributed by atoms with van der Waals surface area (Å²) < 4.78 is 22.3. The molecule has 0 aliphatic carbocycles. The number of hydrogen-bond acceptors (Lipinski definition) is 8. The summed E-state index contributed by atoms with van der Waals surface area (Å²) in [5.41, 5.74) is 0.605. The van der Waals surface area contributed by atoms with Gasteiger partial charge in [0.1, 0.15) is 12.4 Å². The van der Waals surface area contributed by atoms with Gasteiger partial charge in [0.25, 0.3) is 11.1 Å². The SMILES string of the molecule is COc1ccccc1NC(=O)CSc1nnc(C2COc3ccccc3O2)o1. The predicted molar refractivity (Wildman–Crippen MR) is 102 cm³/mol. The number of hydrogen-bond donors (Lipinski definition) is 1. The summed E-state index contributed by atoms with van der Waals surface area (Å²) in [5, 5.41) is 11.1. The van der Waals surface area contributed by atoms with E-state index in [1.807, 2.05) is 36.4 Å². The van der Waals surface area contributed by atoms with Crippen molar-refractivity contribution >= 4 is 23.4 Å². The van der Waals surface area contributed by atoms with Crippen molar-refractivity contribution in [1.82, 2.24) is 10.2 Å². The van der Waals surface area contributed by atoms with Gasteiger partial charge in [-0.2, -0.15) is 0 Å². The number of amides is 1. The second kappa shape index (κ2) is 8.22. The Morgan fingerprint density at radius 3 is 2.82 bits per heavy atom. The number of methoxy groups -OCH3 is 1. The maximum Gasteiger partial charge on any atom is 0.277 e. The highest BCUT2D eigenvalue weighted by molar-refractivity contribution is 7.99. The summed E-state index contributed by atoms with van der Waals surface area (Å²) in [7, 11) is 1.55. The smallest absolute Gasteiger partial charge is 0.277 e. The van der Waals surface area contributed by atoms with E-state index in [0.29, 0.717) is 28.8 Å². The summed E-state index contributed by atoms with van der Waals surface area (Å²) >= 11 is 1.14. The maximum atomic E-state index is 12.2. The predicted octanol–water partition coefficient (Wildman–Crippen LogP) is 3.32. The molecule has 1 aromatic heterocycles. The standard InChI is InChI=1S/C19H17N3O5S/c1-24-13-7-3-2-6-12(13)20-17(23)11-28-19-22-21-18(27-19)16-10-25-14-8-4-5-9-15(14)26-16/h2-9,16H,10-11H2,1H3,(H,20,23). The third kappa shape index (κ3) is 4.04. The van der Waals surface area contributed by atoms with Gasteiger partial charge < -0.3 is 23.9 Å². The molecule has 0 saturated heterocycles. The molecular weight excluding hydrogens is 382 g/mol. The Kier molecular flexibility index (Phi) is 5.34. The maximum absolute atomic E-state index is 12.2. The van der Waals surface area contributed by atoms with Crippen molar-refractivity contribution in [3.8, 4) is 17.2 Å². The Balaban J connectivity index is 1.33. The zero-order valence-electron chi connectivity index (χ0n) is 15.0. The van der Waals surface area contributed by atoms with Crippen LogP contribution in [0.15, 0.2) is 58.2 Å². The van der Waals surface area contributed by atoms with E-state index in [-0.39, 0.29) is 23.5 Å². The molecule has 0 bridgehead atoms. The summed E-state index contributed by atoms with van der Waals surface area (Å²) in [6.45, 7) is 0.275. The number of thioether (sulfide) groups is 1. The van der Waals surface area contributed by atoms with Gasteiger partial charge in [0.2, 0.25) is 12.0 Å². The van der Waals surface area contributed by atoms with Crippen LogP contribution >= 0.6 is 11.8 Å². The Morgan fingerprint density at radius 1 is 1.18 bits per heavy atom. The van der Waals surface area contributed by atoms with Gasteiger partial charge in [-0.25, -0.2) is 0 Å². The molecule has 3 aromatic rings. The van der Waals surface area contributed by atoms with Crippen LogP contribution < -0.4 is 19.5 Å². The molecule has 8 nitrogen and oxygen atoms in total. The minimum absolute atomic E-state index is 0.116. The Bertz CT molecular complexity index is 977. The van der Waals surface area contributed by atoms with Crippen molar-refractivity contribution in [3.63, 3.8) is 0 Å². The van der Waals surface area contributed by atoms with Crippen LogP contribution in [0.1, 0.15) is 12.0 Å². The highest BCUT2D eigenvalue weighted by Gasteiger charge is 2.27. The zero-order chi connectivity index (χ0) is 19.3. The van der Waals surface area contributed by atoms with Crippen molar-refractivity contribution < 1.29 is 23.4 Å². The summed E-state index contributed by atoms with van der Waals surface area (Å²) in [4.78, 5) is 12.2. The Labute approximate surface area is 165 Å². The highest BCUT2D eigenvalue weighted by Crippen LogP contribution is 2.36. The van der Waals surface area contributed by atoms with Gasteiger partial charge in [0.15, 0.2) is 11.5 Å². The van der Waals surface area contributed by atoms with E-state index < -0.39 is 6.10 Å². The van der Waals surface area contributed by atoms with Crippen LogP contribution in [-0.4, -0.2) is 35.6 Å². The van der Waals surface area contributed by atoms with Crippen LogP contribution in [0.3, 0.4) is 0 Å². The van der Waals surface area contributed by atoms with E-state index in [1.165, 1.54) is 0 Å². The van der Waals surface area contributed by atoms with Gasteiger partial charge in [0.05, 0.1) is 18.6 Å². The first-order valence-corrected chi connectivity index (χ1v) is 9.49. The lowest BCUT2D eigenvalue weighted by Gasteiger charge is -2.23. The van der Waals surface area contributed by atoms with E-state index in [9.17, 15) is 4.79 Å². The fraction of sp³-hybridized carbons (Fsp3) is 0.211. The molecule has 144 valence electrons. The number of benzene rings is 2. The lowest BCUT2D eigenvalue weighted by atomic mass is 10.2. The van der Waals surface area contributed by atoms with Gasteiger partial charge in [-0.05, 0) is 24.3 Å². The number of carbonyl (C=O) groups excluding carboxylic acids is 1. The third-order valence-corrected chi connectivity index (χ3v) is 4.73. The molecule has 1 amide bonds. The van der Waals surface area contributed by atoms with Gasteiger partial charge in [0, 0.05) is 0 Å². The third-order valence-electron chi connectivity index (χ3n) is 3.91. The molecule has 1 aliphatic heterocycles. The second-order valence-electron chi connectivity index (χ2n) is 5.81. The molecule has 0 saturated carbocycles. The molecule has 0 radical (unpaired) electrons. The topological polar surface area (TPSA) is 95.7 Å². The highest BCUT2D eigenvalue weighted by atomic mass is 32.2. The average Bonchev–Trinajstić information content (AvgIpc) is 3.21. The zero-order valence-corrected chi connectivity index (χ0v) is 15.8. The van der Waals surface area contributed by atoms with Crippen LogP contribution in [0.2, 0.25) is 0 Å². The molecule has 2 aromatic carbocycles. The Hall–Kier alpha value is -3.20. The van der Waals surface area contributed by atoms with Crippen molar-refractivity contribution in [3.05, 3.63) is 54.4 Å². The van der Waals surface area contributed by atoms with E-state index in [1.54, 1.807) is 19.2 Å². The minimum atomic E-state index is -0.487. The number of para-hydroxylation sites is 4. The van der Waals surface area contributed by atoms with Crippen LogP contribution in [0, 0.1) is 0 Å². The molecule has 0 fully saturated rings. The number of aromatic nitrogens is 2. The second-order valence-corrected chi connectivity index (χ2v) is 6.73. The first-order valence-electron chi connectivity index (χ1n) is 8.50. The molecular formula is C19H17N3O5S. The monoisotopic (exact) mass is 399 g/mol. The van der Waals surface area contributed by atoms with Crippen LogP contribution in [0.25, 0.3) is 0 Å². The van der Waals surface area contributed by atoms with Crippen molar-refractivity contribution in [2.75, 3.05) is 24.8 Å². The van der Waals surface area contributed by atoms with Crippen molar-refractivity contribution in [2.24, 2.45) is 0 Å². The molecule has 28 heavy (non-hydrogen) atoms. The van der Waals surface area contributed by atoms with E-state index in [2.05, 4.69) is 15.5 Å². The van der Waals surface area contributed by atoms with E-state index in [0.717, 1.165) is 11.8 Å². The summed E-state index contributed by atoms with van der Waals surface area (Å²) in [6, 6.07) is 14.6. The largest absolute Gasteiger partial charge is 0.495 e. The lowest BCUT2D eigenvalue weighted by Crippen LogP contribution is -2.21. The number of carbonyl (C=O) groups is 1. The van der Waals surface area contributed by atoms with Crippen molar-refractivity contribution in [2.45, 2.75) is 11.3 Å². The molecule has 4 rings (SSSR count). The molecule has 1 atom stereocenters. The van der Waals surface area contributed by atoms with Crippen molar-refractivity contribution in [1.29, 1.82) is 0 Å². The first kappa shape index (κ1) is 18.2. The Morgan fingerprint density at radius 2 is 1.96 bits per heavy atom. The molecule has 1 unspecified atom stereocenters. The first-order chi connectivity index (χ1) is 13.7. The number of ether oxygens (including phenoxy) is 3. The van der Waals surface area contributed by atoms with Gasteiger partial charge in [-0.3, -0.25) is 4.79 Å². The number of anilines is 1. The van der Waals surface area contributed by atoms with E-state index >= 15 is 0 Å². The number of rotatable bonds is 6. The normalized spacial score (nSPS) is 15.1. The summed E-state index contributed by atoms with van der Waals surface area (Å²) in [6.07, 6.45) is -0.487. The van der Waals surface area contributed by atoms with E-state index in [4.69, 9.17) is 18.6 Å². The van der Waals surface area contributed by atoms with Crippen LogP contribution in [0.5, 0.6) is 17.2 Å². The number of nitrogens with one attached hydrogen (secondary N) is 1. The average molecular weight is 399 g/mol. The number of nitrogens with zero attached hydrogens (tertiary/aromatic N) is 2. The molecule has 2 heterocycles. The van der Waals surface area contributed by atoms with Crippen LogP contribution in [-0.2, 0) is 4.79 Å². The lowest BCUT2D eigenvalue weighted by molar-refractivity contribution is -0.113. The number of fused-ring (bicyclic) bond motifs is 1. The molecule has 1 N–H and O–H groups in total. The van der Waals surface area contributed by atoms with Gasteiger partial charge in [-0.15, -0.1) is 10.2 Å².